The zero-order valence-corrected chi connectivity index (χ0v) is 14.3. The molecule has 2 unspecified atom stereocenters. The van der Waals surface area contributed by atoms with E-state index in [0.717, 1.165) is 16.5 Å². The molecule has 0 aromatic carbocycles. The van der Waals surface area contributed by atoms with Crippen molar-refractivity contribution in [3.63, 3.8) is 0 Å². The number of aromatic nitrogens is 5. The number of anilines is 1. The predicted octanol–water partition coefficient (Wildman–Crippen LogP) is 2.58. The maximum absolute atomic E-state index is 13.0. The summed E-state index contributed by atoms with van der Waals surface area (Å²) in [6.45, 7) is 0. The molecule has 1 aliphatic carbocycles. The molecule has 2 N–H and O–H groups in total. The Bertz CT molecular complexity index is 1180. The molecule has 1 saturated carbocycles. The number of nitrogens with zero attached hydrogens (tertiary/aromatic N) is 4. The molecule has 4 aromatic heterocycles. The van der Waals surface area contributed by atoms with Crippen LogP contribution in [0.1, 0.15) is 6.42 Å². The normalized spacial score (nSPS) is 18.7. The predicted molar refractivity (Wildman–Crippen MR) is 96.3 cm³/mol. The average Bonchev–Trinajstić information content (AvgIpc) is 3.07. The fraction of sp³-hybridized carbons (Fsp3) is 0.222. The zero-order valence-electron chi connectivity index (χ0n) is 14.3. The summed E-state index contributed by atoms with van der Waals surface area (Å²) in [4.78, 5) is 23.6. The minimum atomic E-state index is -1.04. The Hall–Kier alpha value is -3.49. The van der Waals surface area contributed by atoms with Gasteiger partial charge in [-0.3, -0.25) is 4.79 Å². The third-order valence-electron chi connectivity index (χ3n) is 4.73. The first-order chi connectivity index (χ1) is 13.1. The van der Waals surface area contributed by atoms with E-state index in [0.29, 0.717) is 22.9 Å². The number of hydrogen-bond donors (Lipinski definition) is 2. The lowest BCUT2D eigenvalue weighted by Gasteiger charge is -2.08. The summed E-state index contributed by atoms with van der Waals surface area (Å²) < 4.78 is 20.2. The highest BCUT2D eigenvalue weighted by Gasteiger charge is 2.43. The fourth-order valence-electron chi connectivity index (χ4n) is 3.17. The number of pyridine rings is 2. The average molecular weight is 366 g/mol. The van der Waals surface area contributed by atoms with Gasteiger partial charge in [0.1, 0.15) is 29.7 Å². The van der Waals surface area contributed by atoms with Crippen molar-refractivity contribution in [1.82, 2.24) is 24.6 Å². The van der Waals surface area contributed by atoms with E-state index in [1.54, 1.807) is 17.7 Å². The van der Waals surface area contributed by atoms with Crippen LogP contribution in [0.2, 0.25) is 0 Å². The first-order valence-corrected chi connectivity index (χ1v) is 8.45. The summed E-state index contributed by atoms with van der Waals surface area (Å²) in [5.74, 6) is 0.162. The number of carbonyl (C=O) groups is 1. The molecule has 0 bridgehead atoms. The molecule has 27 heavy (non-hydrogen) atoms. The van der Waals surface area contributed by atoms with Crippen LogP contribution in [-0.2, 0) is 4.79 Å². The van der Waals surface area contributed by atoms with Crippen LogP contribution in [0.25, 0.3) is 27.8 Å². The zero-order chi connectivity index (χ0) is 18.5. The second kappa shape index (κ2) is 5.76. The summed E-state index contributed by atoms with van der Waals surface area (Å²) >= 11 is 0. The molecular formula is C18H15FN6O2. The Morgan fingerprint density at radius 1 is 1.41 bits per heavy atom. The van der Waals surface area contributed by atoms with Crippen LogP contribution < -0.4 is 10.1 Å². The first kappa shape index (κ1) is 15.7. The molecule has 5 rings (SSSR count). The molecule has 0 saturated heterocycles. The quantitative estimate of drug-likeness (QED) is 0.579. The molecule has 9 heteroatoms. The Morgan fingerprint density at radius 3 is 3.04 bits per heavy atom. The second-order valence-electron chi connectivity index (χ2n) is 6.46. The molecular weight excluding hydrogens is 351 g/mol. The number of fused-ring (bicyclic) bond motifs is 2. The van der Waals surface area contributed by atoms with E-state index in [-0.39, 0.29) is 12.3 Å². The molecule has 1 aliphatic rings. The lowest BCUT2D eigenvalue weighted by atomic mass is 10.1. The van der Waals surface area contributed by atoms with E-state index >= 15 is 0 Å². The van der Waals surface area contributed by atoms with Crippen molar-refractivity contribution < 1.29 is 13.9 Å². The van der Waals surface area contributed by atoms with Crippen molar-refractivity contribution >= 4 is 28.4 Å². The third-order valence-corrected chi connectivity index (χ3v) is 4.73. The van der Waals surface area contributed by atoms with Crippen molar-refractivity contribution in [2.75, 3.05) is 12.4 Å². The van der Waals surface area contributed by atoms with Crippen LogP contribution in [0.15, 0.2) is 36.9 Å². The van der Waals surface area contributed by atoms with Gasteiger partial charge in [0.2, 0.25) is 5.91 Å². The van der Waals surface area contributed by atoms with Crippen LogP contribution in [0, 0.1) is 5.92 Å². The van der Waals surface area contributed by atoms with E-state index in [1.807, 2.05) is 24.5 Å². The summed E-state index contributed by atoms with van der Waals surface area (Å²) in [6, 6.07) is 5.37. The summed E-state index contributed by atoms with van der Waals surface area (Å²) in [7, 11) is 1.60. The number of H-pyrrole nitrogens is 1. The topological polar surface area (TPSA) is 97.2 Å². The maximum Gasteiger partial charge on any atom is 0.231 e. The van der Waals surface area contributed by atoms with Crippen molar-refractivity contribution in [1.29, 1.82) is 0 Å². The Kier molecular flexibility index (Phi) is 3.36. The minimum absolute atomic E-state index is 0.283. The Balaban J connectivity index is 1.54. The molecule has 1 amide bonds. The highest BCUT2D eigenvalue weighted by molar-refractivity contribution is 5.98. The van der Waals surface area contributed by atoms with Crippen LogP contribution in [0.3, 0.4) is 0 Å². The largest absolute Gasteiger partial charge is 0.496 e. The van der Waals surface area contributed by atoms with Gasteiger partial charge in [-0.25, -0.2) is 18.9 Å². The SMILES string of the molecule is COc1cc2ncnn2cc1-c1c[nH]c2nc(NC(=O)C3CC3F)ccc12. The van der Waals surface area contributed by atoms with E-state index < -0.39 is 12.1 Å². The van der Waals surface area contributed by atoms with Gasteiger partial charge in [0.15, 0.2) is 5.65 Å². The number of carbonyl (C=O) groups excluding carboxylic acids is 1. The molecule has 8 nitrogen and oxygen atoms in total. The van der Waals surface area contributed by atoms with Gasteiger partial charge in [-0.05, 0) is 18.6 Å². The van der Waals surface area contributed by atoms with E-state index in [2.05, 4.69) is 25.4 Å². The monoisotopic (exact) mass is 366 g/mol. The van der Waals surface area contributed by atoms with E-state index in [1.165, 1.54) is 6.33 Å². The van der Waals surface area contributed by atoms with Gasteiger partial charge in [0.25, 0.3) is 0 Å². The molecule has 0 radical (unpaired) electrons. The summed E-state index contributed by atoms with van der Waals surface area (Å²) in [6.07, 6.45) is 4.39. The van der Waals surface area contributed by atoms with Gasteiger partial charge in [0, 0.05) is 35.0 Å². The summed E-state index contributed by atoms with van der Waals surface area (Å²) in [5.41, 5.74) is 3.01. The maximum atomic E-state index is 13.0. The second-order valence-corrected chi connectivity index (χ2v) is 6.46. The smallest absolute Gasteiger partial charge is 0.231 e. The van der Waals surface area contributed by atoms with Crippen LogP contribution in [0.4, 0.5) is 10.2 Å². The van der Waals surface area contributed by atoms with Crippen molar-refractivity contribution in [2.24, 2.45) is 5.92 Å². The first-order valence-electron chi connectivity index (χ1n) is 8.45. The standard InChI is InChI=1S/C18H15FN6O2/c1-27-14-5-16-21-8-22-25(16)7-12(14)11-6-20-17-9(11)2-3-15(23-17)24-18(26)10-4-13(10)19/h2-3,5-8,10,13H,4H2,1H3,(H2,20,23,24,26). The van der Waals surface area contributed by atoms with Crippen LogP contribution in [-0.4, -0.2) is 43.8 Å². The molecule has 4 aromatic rings. The number of hydrogen-bond acceptors (Lipinski definition) is 5. The Labute approximate surface area is 152 Å². The number of alkyl halides is 1. The highest BCUT2D eigenvalue weighted by atomic mass is 19.1. The van der Waals surface area contributed by atoms with E-state index in [9.17, 15) is 9.18 Å². The number of aromatic amines is 1. The summed E-state index contributed by atoms with van der Waals surface area (Å²) in [5, 5.41) is 7.69. The van der Waals surface area contributed by atoms with E-state index in [4.69, 9.17) is 4.74 Å². The number of amides is 1. The lowest BCUT2D eigenvalue weighted by Crippen LogP contribution is -2.15. The molecule has 2 atom stereocenters. The molecule has 136 valence electrons. The molecule has 4 heterocycles. The Morgan fingerprint density at radius 2 is 2.26 bits per heavy atom. The van der Waals surface area contributed by atoms with Gasteiger partial charge in [-0.1, -0.05) is 0 Å². The fourth-order valence-corrected chi connectivity index (χ4v) is 3.17. The van der Waals surface area contributed by atoms with Crippen molar-refractivity contribution in [3.05, 3.63) is 36.9 Å². The molecule has 0 aliphatic heterocycles. The van der Waals surface area contributed by atoms with Gasteiger partial charge >= 0.3 is 0 Å². The van der Waals surface area contributed by atoms with Crippen molar-refractivity contribution in [3.8, 4) is 16.9 Å². The van der Waals surface area contributed by atoms with Gasteiger partial charge in [-0.15, -0.1) is 0 Å². The van der Waals surface area contributed by atoms with Crippen molar-refractivity contribution in [2.45, 2.75) is 12.6 Å². The van der Waals surface area contributed by atoms with Crippen LogP contribution >= 0.6 is 0 Å². The molecule has 1 fully saturated rings. The van der Waals surface area contributed by atoms with Gasteiger partial charge in [0.05, 0.1) is 13.0 Å². The third kappa shape index (κ3) is 2.59. The number of halogens is 1. The van der Waals surface area contributed by atoms with Crippen LogP contribution in [0.5, 0.6) is 5.75 Å². The van der Waals surface area contributed by atoms with Gasteiger partial charge < -0.3 is 15.0 Å². The number of rotatable bonds is 4. The lowest BCUT2D eigenvalue weighted by molar-refractivity contribution is -0.117. The number of methoxy groups -OCH3 is 1. The minimum Gasteiger partial charge on any atom is -0.496 e. The number of nitrogens with one attached hydrogen (secondary N) is 2. The van der Waals surface area contributed by atoms with Gasteiger partial charge in [-0.2, -0.15) is 5.10 Å². The molecule has 0 spiro atoms. The number of ether oxygens (including phenoxy) is 1. The highest BCUT2D eigenvalue weighted by Crippen LogP contribution is 2.36.